The highest BCUT2D eigenvalue weighted by molar-refractivity contribution is 6.20. The Morgan fingerprint density at radius 2 is 1.77 bits per heavy atom. The second kappa shape index (κ2) is 7.50. The summed E-state index contributed by atoms with van der Waals surface area (Å²) in [5, 5.41) is 10.2. The van der Waals surface area contributed by atoms with Crippen molar-refractivity contribution >= 4 is 33.5 Å². The summed E-state index contributed by atoms with van der Waals surface area (Å²) in [7, 11) is 0. The van der Waals surface area contributed by atoms with E-state index in [0.717, 1.165) is 10.9 Å². The Balaban J connectivity index is 1.52. The number of nitrogens with two attached hydrogens (primary N) is 1. The van der Waals surface area contributed by atoms with Crippen LogP contribution in [0.4, 0.5) is 0 Å². The van der Waals surface area contributed by atoms with E-state index in [1.54, 1.807) is 24.3 Å². The Morgan fingerprint density at radius 1 is 1.00 bits per heavy atom. The van der Waals surface area contributed by atoms with Crippen LogP contribution in [-0.4, -0.2) is 16.6 Å². The number of carbonyl (C=O) groups excluding carboxylic acids is 1. The van der Waals surface area contributed by atoms with Crippen LogP contribution in [0.2, 0.25) is 0 Å². The minimum atomic E-state index is -0.611. The number of benzene rings is 3. The number of rotatable bonds is 6. The smallest absolute Gasteiger partial charge is 0.251 e. The average molecular weight is 409 g/mol. The molecule has 6 nitrogen and oxygen atoms in total. The van der Waals surface area contributed by atoms with Gasteiger partial charge in [0.1, 0.15) is 23.7 Å². The van der Waals surface area contributed by atoms with E-state index in [0.29, 0.717) is 40.3 Å². The highest BCUT2D eigenvalue weighted by Gasteiger charge is 2.22. The van der Waals surface area contributed by atoms with Gasteiger partial charge in [0.15, 0.2) is 5.76 Å². The number of hydrogen-bond donors (Lipinski definition) is 3. The zero-order valence-electron chi connectivity index (χ0n) is 16.5. The molecule has 0 bridgehead atoms. The summed E-state index contributed by atoms with van der Waals surface area (Å²) in [4.78, 5) is 15.4. The number of ether oxygens (including phenoxy) is 1. The van der Waals surface area contributed by atoms with Gasteiger partial charge >= 0.3 is 0 Å². The van der Waals surface area contributed by atoms with Crippen LogP contribution in [0.25, 0.3) is 21.9 Å². The molecular weight excluding hydrogens is 390 g/mol. The maximum atomic E-state index is 12.2. The fourth-order valence-electron chi connectivity index (χ4n) is 3.68. The van der Waals surface area contributed by atoms with E-state index in [1.165, 1.54) is 0 Å². The predicted octanol–water partition coefficient (Wildman–Crippen LogP) is 5.01. The van der Waals surface area contributed by atoms with Gasteiger partial charge in [0.2, 0.25) is 0 Å². The summed E-state index contributed by atoms with van der Waals surface area (Å²) in [5.74, 6) is 0.395. The molecule has 5 rings (SSSR count). The lowest BCUT2D eigenvalue weighted by molar-refractivity contribution is 0.100. The molecule has 152 valence electrons. The van der Waals surface area contributed by atoms with Crippen LogP contribution < -0.4 is 10.5 Å². The zero-order valence-corrected chi connectivity index (χ0v) is 16.5. The van der Waals surface area contributed by atoms with Crippen molar-refractivity contribution in [3.63, 3.8) is 0 Å². The molecule has 0 atom stereocenters. The largest absolute Gasteiger partial charge is 0.489 e. The highest BCUT2D eigenvalue weighted by Crippen LogP contribution is 2.29. The van der Waals surface area contributed by atoms with E-state index in [1.807, 2.05) is 54.6 Å². The summed E-state index contributed by atoms with van der Waals surface area (Å²) in [5.41, 5.74) is 8.71. The van der Waals surface area contributed by atoms with Gasteiger partial charge in [-0.05, 0) is 29.8 Å². The van der Waals surface area contributed by atoms with Crippen LogP contribution in [0, 0.1) is 5.41 Å². The Labute approximate surface area is 177 Å². The summed E-state index contributed by atoms with van der Waals surface area (Å²) in [6.45, 7) is 0.428. The first kappa shape index (κ1) is 18.7. The van der Waals surface area contributed by atoms with Gasteiger partial charge in [-0.1, -0.05) is 48.5 Å². The molecule has 6 heteroatoms. The average Bonchev–Trinajstić information content (AvgIpc) is 3.39. The maximum Gasteiger partial charge on any atom is 0.251 e. The molecule has 0 aliphatic rings. The summed E-state index contributed by atoms with van der Waals surface area (Å²) < 4.78 is 11.7. The summed E-state index contributed by atoms with van der Waals surface area (Å²) in [6.07, 6.45) is 0. The molecule has 0 aliphatic heterocycles. The third-order valence-corrected chi connectivity index (χ3v) is 5.19. The molecule has 4 N–H and O–H groups in total. The fraction of sp³-hybridized carbons (Fsp3) is 0.0400. The van der Waals surface area contributed by atoms with Crippen LogP contribution in [0.1, 0.15) is 27.4 Å². The molecule has 0 saturated carbocycles. The minimum Gasteiger partial charge on any atom is -0.489 e. The number of aromatic amines is 1. The van der Waals surface area contributed by atoms with Gasteiger partial charge in [0.05, 0.1) is 16.8 Å². The third kappa shape index (κ3) is 3.44. The van der Waals surface area contributed by atoms with E-state index >= 15 is 0 Å². The summed E-state index contributed by atoms with van der Waals surface area (Å²) >= 11 is 0. The Morgan fingerprint density at radius 3 is 2.55 bits per heavy atom. The van der Waals surface area contributed by atoms with Gasteiger partial charge in [0.25, 0.3) is 5.91 Å². The van der Waals surface area contributed by atoms with Gasteiger partial charge in [-0.3, -0.25) is 10.2 Å². The van der Waals surface area contributed by atoms with Crippen LogP contribution in [0.5, 0.6) is 5.75 Å². The number of aromatic nitrogens is 1. The van der Waals surface area contributed by atoms with Crippen molar-refractivity contribution in [2.24, 2.45) is 5.73 Å². The molecule has 2 heterocycles. The molecular formula is C25H19N3O3. The van der Waals surface area contributed by atoms with E-state index in [-0.39, 0.29) is 11.3 Å². The van der Waals surface area contributed by atoms with Crippen LogP contribution in [0.15, 0.2) is 83.3 Å². The van der Waals surface area contributed by atoms with Gasteiger partial charge in [-0.25, -0.2) is 0 Å². The second-order valence-corrected chi connectivity index (χ2v) is 7.24. The molecule has 0 aliphatic carbocycles. The van der Waals surface area contributed by atoms with E-state index in [4.69, 9.17) is 20.3 Å². The van der Waals surface area contributed by atoms with Crippen LogP contribution in [0.3, 0.4) is 0 Å². The molecule has 0 spiro atoms. The first-order valence-electron chi connectivity index (χ1n) is 9.80. The quantitative estimate of drug-likeness (QED) is 0.343. The molecule has 2 aromatic heterocycles. The SMILES string of the molecule is N=C(c1cc2ccccc2o1)c1[nH]c2cc(OCc3ccccc3)ccc2c1C(N)=O. The lowest BCUT2D eigenvalue weighted by Gasteiger charge is -2.06. The molecule has 31 heavy (non-hydrogen) atoms. The first-order valence-corrected chi connectivity index (χ1v) is 9.80. The number of nitrogens with one attached hydrogen (secondary N) is 2. The van der Waals surface area contributed by atoms with Crippen molar-refractivity contribution in [1.29, 1.82) is 5.41 Å². The Hall–Kier alpha value is -4.32. The summed E-state index contributed by atoms with van der Waals surface area (Å²) in [6, 6.07) is 24.5. The van der Waals surface area contributed by atoms with Crippen LogP contribution in [-0.2, 0) is 6.61 Å². The number of primary amides is 1. The lowest BCUT2D eigenvalue weighted by atomic mass is 10.1. The Kier molecular flexibility index (Phi) is 4.52. The molecule has 0 fully saturated rings. The Bertz CT molecular complexity index is 1400. The van der Waals surface area contributed by atoms with Crippen molar-refractivity contribution in [3.05, 3.63) is 101 Å². The van der Waals surface area contributed by atoms with Crippen molar-refractivity contribution in [2.45, 2.75) is 6.61 Å². The fourth-order valence-corrected chi connectivity index (χ4v) is 3.68. The number of amides is 1. The number of carbonyl (C=O) groups is 1. The van der Waals surface area contributed by atoms with Crippen molar-refractivity contribution in [2.75, 3.05) is 0 Å². The van der Waals surface area contributed by atoms with E-state index in [9.17, 15) is 4.79 Å². The van der Waals surface area contributed by atoms with E-state index in [2.05, 4.69) is 4.98 Å². The molecule has 3 aromatic carbocycles. The zero-order chi connectivity index (χ0) is 21.4. The van der Waals surface area contributed by atoms with E-state index < -0.39 is 5.91 Å². The van der Waals surface area contributed by atoms with Gasteiger partial charge in [-0.15, -0.1) is 0 Å². The minimum absolute atomic E-state index is 0.0629. The van der Waals surface area contributed by atoms with Crippen LogP contribution >= 0.6 is 0 Å². The molecule has 5 aromatic rings. The predicted molar refractivity (Wildman–Crippen MR) is 120 cm³/mol. The van der Waals surface area contributed by atoms with Crippen molar-refractivity contribution in [3.8, 4) is 5.75 Å². The first-order chi connectivity index (χ1) is 15.1. The normalized spacial score (nSPS) is 11.1. The third-order valence-electron chi connectivity index (χ3n) is 5.19. The van der Waals surface area contributed by atoms with Crippen molar-refractivity contribution < 1.29 is 13.9 Å². The number of hydrogen-bond acceptors (Lipinski definition) is 4. The topological polar surface area (TPSA) is 105 Å². The molecule has 0 unspecified atom stereocenters. The highest BCUT2D eigenvalue weighted by atomic mass is 16.5. The lowest BCUT2D eigenvalue weighted by Crippen LogP contribution is -2.15. The number of H-pyrrole nitrogens is 1. The number of fused-ring (bicyclic) bond motifs is 2. The monoisotopic (exact) mass is 409 g/mol. The van der Waals surface area contributed by atoms with Gasteiger partial charge < -0.3 is 19.9 Å². The van der Waals surface area contributed by atoms with Gasteiger partial charge in [-0.2, -0.15) is 0 Å². The maximum absolute atomic E-state index is 12.2. The standard InChI is InChI=1S/C25H19N3O3/c26-23(21-12-16-8-4-5-9-20(16)31-21)24-22(25(27)29)18-11-10-17(13-19(18)28-24)30-14-15-6-2-1-3-7-15/h1-13,26,28H,14H2,(H2,27,29). The number of furan rings is 1. The second-order valence-electron chi connectivity index (χ2n) is 7.24. The van der Waals surface area contributed by atoms with Gasteiger partial charge in [0, 0.05) is 16.8 Å². The number of para-hydroxylation sites is 1. The van der Waals surface area contributed by atoms with Crippen molar-refractivity contribution in [1.82, 2.24) is 4.98 Å². The molecule has 0 saturated heterocycles. The molecule has 1 amide bonds. The molecule has 0 radical (unpaired) electrons.